The third kappa shape index (κ3) is 1.70. The van der Waals surface area contributed by atoms with Crippen LogP contribution in [0, 0.1) is 18.4 Å². The number of nitrogens with one attached hydrogen (secondary N) is 1. The van der Waals surface area contributed by atoms with Gasteiger partial charge in [0.1, 0.15) is 0 Å². The lowest BCUT2D eigenvalue weighted by Gasteiger charge is -2.27. The van der Waals surface area contributed by atoms with E-state index in [1.165, 1.54) is 0 Å². The van der Waals surface area contributed by atoms with Gasteiger partial charge in [-0.2, -0.15) is 0 Å². The summed E-state index contributed by atoms with van der Waals surface area (Å²) in [6.07, 6.45) is 2.00. The number of hydrogen-bond donors (Lipinski definition) is 2. The van der Waals surface area contributed by atoms with Gasteiger partial charge in [0, 0.05) is 13.0 Å². The maximum Gasteiger partial charge on any atom is 0.0937 e. The Morgan fingerprint density at radius 2 is 2.00 bits per heavy atom. The fourth-order valence-electron chi connectivity index (χ4n) is 1.24. The van der Waals surface area contributed by atoms with Crippen molar-refractivity contribution in [2.45, 2.75) is 12.8 Å². The number of amidine groups is 1. The third-order valence-electron chi connectivity index (χ3n) is 2.03. The average molecular weight is 140 g/mol. The van der Waals surface area contributed by atoms with Crippen LogP contribution in [0.5, 0.6) is 0 Å². The summed E-state index contributed by atoms with van der Waals surface area (Å²) in [6.45, 7) is 1.95. The van der Waals surface area contributed by atoms with Gasteiger partial charge in [0.15, 0.2) is 0 Å². The summed E-state index contributed by atoms with van der Waals surface area (Å²) in [7, 11) is 3.81. The minimum atomic E-state index is 0.318. The number of rotatable bonds is 1. The molecule has 1 saturated heterocycles. The Bertz CT molecular complexity index is 125. The van der Waals surface area contributed by atoms with Crippen molar-refractivity contribution in [2.75, 3.05) is 13.1 Å². The highest BCUT2D eigenvalue weighted by atomic mass is 15.1. The summed E-state index contributed by atoms with van der Waals surface area (Å²) < 4.78 is 0. The quantitative estimate of drug-likeness (QED) is 0.410. The predicted octanol–water partition coefficient (Wildman–Crippen LogP) is 0.426. The van der Waals surface area contributed by atoms with Gasteiger partial charge in [0.2, 0.25) is 0 Å². The SMILES string of the molecule is [CH2]N1CCC(C(=N)N)CC1. The van der Waals surface area contributed by atoms with E-state index in [-0.39, 0.29) is 0 Å². The number of hydrogen-bond acceptors (Lipinski definition) is 2. The van der Waals surface area contributed by atoms with Crippen molar-refractivity contribution in [1.29, 1.82) is 5.41 Å². The van der Waals surface area contributed by atoms with Crippen LogP contribution in [0.15, 0.2) is 0 Å². The van der Waals surface area contributed by atoms with Crippen LogP contribution in [0.3, 0.4) is 0 Å². The molecule has 0 unspecified atom stereocenters. The van der Waals surface area contributed by atoms with E-state index in [0.29, 0.717) is 11.8 Å². The molecular formula is C7H14N3. The molecule has 0 amide bonds. The Morgan fingerprint density at radius 3 is 2.40 bits per heavy atom. The highest BCUT2D eigenvalue weighted by Gasteiger charge is 2.18. The maximum absolute atomic E-state index is 7.19. The molecule has 0 saturated carbocycles. The molecule has 1 radical (unpaired) electrons. The van der Waals surface area contributed by atoms with E-state index in [1.54, 1.807) is 0 Å². The van der Waals surface area contributed by atoms with Crippen LogP contribution in [-0.2, 0) is 0 Å². The van der Waals surface area contributed by atoms with Gasteiger partial charge in [-0.3, -0.25) is 5.41 Å². The van der Waals surface area contributed by atoms with Crippen molar-refractivity contribution in [3.63, 3.8) is 0 Å². The highest BCUT2D eigenvalue weighted by molar-refractivity contribution is 5.79. The van der Waals surface area contributed by atoms with Crippen LogP contribution in [0.4, 0.5) is 0 Å². The van der Waals surface area contributed by atoms with Crippen LogP contribution in [0.25, 0.3) is 0 Å². The minimum Gasteiger partial charge on any atom is -0.387 e. The van der Waals surface area contributed by atoms with Crippen LogP contribution < -0.4 is 5.73 Å². The Labute approximate surface area is 61.7 Å². The second-order valence-electron chi connectivity index (χ2n) is 2.85. The normalized spacial score (nSPS) is 22.9. The number of nitrogens with two attached hydrogens (primary N) is 1. The summed E-state index contributed by atoms with van der Waals surface area (Å²) in [4.78, 5) is 2.03. The van der Waals surface area contributed by atoms with E-state index < -0.39 is 0 Å². The molecule has 0 aromatic rings. The lowest BCUT2D eigenvalue weighted by molar-refractivity contribution is 0.275. The number of nitrogens with zero attached hydrogens (tertiary/aromatic N) is 1. The molecule has 0 aromatic carbocycles. The molecule has 1 aliphatic heterocycles. The Morgan fingerprint density at radius 1 is 1.50 bits per heavy atom. The van der Waals surface area contributed by atoms with Crippen molar-refractivity contribution in [3.8, 4) is 0 Å². The van der Waals surface area contributed by atoms with Gasteiger partial charge in [-0.1, -0.05) is 0 Å². The molecule has 1 rings (SSSR count). The molecule has 57 valence electrons. The maximum atomic E-state index is 7.19. The van der Waals surface area contributed by atoms with Crippen molar-refractivity contribution < 1.29 is 0 Å². The van der Waals surface area contributed by atoms with Crippen LogP contribution in [0.2, 0.25) is 0 Å². The van der Waals surface area contributed by atoms with Gasteiger partial charge in [0.05, 0.1) is 5.84 Å². The first-order chi connectivity index (χ1) is 4.70. The van der Waals surface area contributed by atoms with Crippen molar-refractivity contribution in [3.05, 3.63) is 7.05 Å². The standard InChI is InChI=1S/C7H14N3/c1-10-4-2-6(3-5-10)7(8)9/h6H,1-5H2,(H3,8,9). The molecule has 1 aliphatic rings. The van der Waals surface area contributed by atoms with Gasteiger partial charge in [-0.05, 0) is 25.9 Å². The van der Waals surface area contributed by atoms with E-state index in [2.05, 4.69) is 7.05 Å². The van der Waals surface area contributed by atoms with E-state index in [4.69, 9.17) is 11.1 Å². The zero-order chi connectivity index (χ0) is 7.56. The molecule has 10 heavy (non-hydrogen) atoms. The first kappa shape index (κ1) is 7.54. The molecule has 1 fully saturated rings. The summed E-state index contributed by atoms with van der Waals surface area (Å²) in [6, 6.07) is 0. The van der Waals surface area contributed by atoms with Gasteiger partial charge in [0.25, 0.3) is 0 Å². The van der Waals surface area contributed by atoms with E-state index in [9.17, 15) is 0 Å². The second-order valence-corrected chi connectivity index (χ2v) is 2.85. The highest BCUT2D eigenvalue weighted by Crippen LogP contribution is 2.15. The second kappa shape index (κ2) is 3.01. The predicted molar refractivity (Wildman–Crippen MR) is 41.6 cm³/mol. The van der Waals surface area contributed by atoms with Crippen LogP contribution in [0.1, 0.15) is 12.8 Å². The van der Waals surface area contributed by atoms with E-state index in [1.807, 2.05) is 4.90 Å². The first-order valence-corrected chi connectivity index (χ1v) is 3.59. The molecule has 3 nitrogen and oxygen atoms in total. The lowest BCUT2D eigenvalue weighted by Crippen LogP contribution is -2.34. The average Bonchev–Trinajstić information content (AvgIpc) is 1.88. The Hall–Kier alpha value is -0.570. The van der Waals surface area contributed by atoms with Crippen LogP contribution in [-0.4, -0.2) is 23.8 Å². The minimum absolute atomic E-state index is 0.318. The van der Waals surface area contributed by atoms with Gasteiger partial charge < -0.3 is 10.6 Å². The summed E-state index contributed by atoms with van der Waals surface area (Å²) in [5, 5.41) is 7.19. The molecular weight excluding hydrogens is 126 g/mol. The fraction of sp³-hybridized carbons (Fsp3) is 0.714. The molecule has 3 N–H and O–H groups in total. The zero-order valence-electron chi connectivity index (χ0n) is 6.14. The van der Waals surface area contributed by atoms with Gasteiger partial charge >= 0.3 is 0 Å². The smallest absolute Gasteiger partial charge is 0.0937 e. The largest absolute Gasteiger partial charge is 0.387 e. The summed E-state index contributed by atoms with van der Waals surface area (Å²) in [5.74, 6) is 0.658. The lowest BCUT2D eigenvalue weighted by atomic mass is 9.96. The van der Waals surface area contributed by atoms with E-state index >= 15 is 0 Å². The fourth-order valence-corrected chi connectivity index (χ4v) is 1.24. The van der Waals surface area contributed by atoms with E-state index in [0.717, 1.165) is 25.9 Å². The topological polar surface area (TPSA) is 53.1 Å². The molecule has 1 heterocycles. The Balaban J connectivity index is 2.33. The van der Waals surface area contributed by atoms with Gasteiger partial charge in [-0.25, -0.2) is 0 Å². The molecule has 3 heteroatoms. The first-order valence-electron chi connectivity index (χ1n) is 3.59. The summed E-state index contributed by atoms with van der Waals surface area (Å²) >= 11 is 0. The zero-order valence-corrected chi connectivity index (χ0v) is 6.14. The number of piperidine rings is 1. The van der Waals surface area contributed by atoms with Crippen molar-refractivity contribution in [1.82, 2.24) is 4.90 Å². The van der Waals surface area contributed by atoms with Gasteiger partial charge in [-0.15, -0.1) is 0 Å². The molecule has 0 bridgehead atoms. The molecule has 0 aliphatic carbocycles. The summed E-state index contributed by atoms with van der Waals surface area (Å²) in [5.41, 5.74) is 5.36. The third-order valence-corrected chi connectivity index (χ3v) is 2.03. The van der Waals surface area contributed by atoms with Crippen molar-refractivity contribution in [2.24, 2.45) is 11.7 Å². The number of likely N-dealkylation sites (tertiary alicyclic amines) is 1. The molecule has 0 aromatic heterocycles. The monoisotopic (exact) mass is 140 g/mol. The molecule has 0 spiro atoms. The van der Waals surface area contributed by atoms with Crippen molar-refractivity contribution >= 4 is 5.84 Å². The Kier molecular flexibility index (Phi) is 2.27. The molecule has 0 atom stereocenters. The van der Waals surface area contributed by atoms with Crippen LogP contribution >= 0.6 is 0 Å².